The van der Waals surface area contributed by atoms with E-state index >= 15 is 0 Å². The predicted molar refractivity (Wildman–Crippen MR) is 91.5 cm³/mol. The first kappa shape index (κ1) is 15.8. The molecule has 2 aliphatic heterocycles. The smallest absolute Gasteiger partial charge is 0.308 e. The molecule has 3 atom stereocenters. The van der Waals surface area contributed by atoms with Crippen LogP contribution in [0.5, 0.6) is 5.75 Å². The highest BCUT2D eigenvalue weighted by Gasteiger charge is 2.56. The summed E-state index contributed by atoms with van der Waals surface area (Å²) >= 11 is 0. The Morgan fingerprint density at radius 3 is 3.08 bits per heavy atom. The van der Waals surface area contributed by atoms with Gasteiger partial charge in [-0.15, -0.1) is 0 Å². The summed E-state index contributed by atoms with van der Waals surface area (Å²) in [4.78, 5) is 14.0. The van der Waals surface area contributed by atoms with Gasteiger partial charge in [-0.1, -0.05) is 6.07 Å². The number of nitrogens with zero attached hydrogens (tertiary/aromatic N) is 1. The molecule has 0 radical (unpaired) electrons. The molecule has 0 aromatic heterocycles. The van der Waals surface area contributed by atoms with Gasteiger partial charge in [0.1, 0.15) is 12.5 Å². The van der Waals surface area contributed by atoms with Crippen LogP contribution in [0.1, 0.15) is 37.3 Å². The minimum Gasteiger partial charge on any atom is -0.427 e. The monoisotopic (exact) mass is 343 g/mol. The number of hydrogen-bond acceptors (Lipinski definition) is 5. The molecule has 0 N–H and O–H groups in total. The molecule has 3 fully saturated rings. The van der Waals surface area contributed by atoms with Crippen molar-refractivity contribution in [3.63, 3.8) is 0 Å². The summed E-state index contributed by atoms with van der Waals surface area (Å²) in [5, 5.41) is 0. The van der Waals surface area contributed by atoms with Crippen molar-refractivity contribution in [2.45, 2.75) is 50.2 Å². The van der Waals surface area contributed by atoms with Gasteiger partial charge in [-0.2, -0.15) is 0 Å². The summed E-state index contributed by atoms with van der Waals surface area (Å²) in [5.41, 5.74) is 2.51. The summed E-state index contributed by atoms with van der Waals surface area (Å²) in [6.45, 7) is 4.84. The second-order valence-electron chi connectivity index (χ2n) is 8.08. The Kier molecular flexibility index (Phi) is 3.66. The molecule has 2 bridgehead atoms. The van der Waals surface area contributed by atoms with Gasteiger partial charge in [0.2, 0.25) is 0 Å². The van der Waals surface area contributed by atoms with Gasteiger partial charge in [0.25, 0.3) is 0 Å². The van der Waals surface area contributed by atoms with E-state index in [0.29, 0.717) is 25.2 Å². The maximum Gasteiger partial charge on any atom is 0.308 e. The fourth-order valence-corrected chi connectivity index (χ4v) is 5.09. The lowest BCUT2D eigenvalue weighted by molar-refractivity contribution is -0.222. The van der Waals surface area contributed by atoms with Gasteiger partial charge in [0.05, 0.1) is 12.7 Å². The van der Waals surface area contributed by atoms with Crippen molar-refractivity contribution in [2.24, 2.45) is 5.92 Å². The lowest BCUT2D eigenvalue weighted by Gasteiger charge is -2.57. The molecule has 0 unspecified atom stereocenters. The van der Waals surface area contributed by atoms with Crippen LogP contribution in [-0.4, -0.2) is 49.5 Å². The second kappa shape index (κ2) is 5.79. The van der Waals surface area contributed by atoms with E-state index < -0.39 is 0 Å². The van der Waals surface area contributed by atoms with E-state index in [1.54, 1.807) is 0 Å². The number of piperidine rings is 1. The van der Waals surface area contributed by atoms with E-state index in [1.807, 2.05) is 6.07 Å². The zero-order valence-corrected chi connectivity index (χ0v) is 14.7. The summed E-state index contributed by atoms with van der Waals surface area (Å²) in [5.74, 6) is 1.24. The average Bonchev–Trinajstić information content (AvgIpc) is 3.41. The van der Waals surface area contributed by atoms with E-state index in [0.717, 1.165) is 25.3 Å². The third-order valence-corrected chi connectivity index (χ3v) is 6.40. The normalized spacial score (nSPS) is 34.1. The lowest BCUT2D eigenvalue weighted by atomic mass is 9.61. The molecule has 2 saturated heterocycles. The Labute approximate surface area is 148 Å². The number of esters is 1. The SMILES string of the molecule is CC(=O)Oc1ccc2c(c1)[C@]13CCN(CC4CC4)[C@H](C2)[C@@H]1OCOC3. The van der Waals surface area contributed by atoms with Crippen LogP contribution >= 0.6 is 0 Å². The number of carbonyl (C=O) groups is 1. The molecule has 4 aliphatic rings. The number of benzene rings is 1. The molecule has 25 heavy (non-hydrogen) atoms. The Bertz CT molecular complexity index is 701. The molecular weight excluding hydrogens is 318 g/mol. The Balaban J connectivity index is 1.54. The Morgan fingerprint density at radius 1 is 1.40 bits per heavy atom. The van der Waals surface area contributed by atoms with Crippen LogP contribution in [0.4, 0.5) is 0 Å². The molecule has 0 spiro atoms. The minimum absolute atomic E-state index is 0.104. The number of rotatable bonds is 3. The van der Waals surface area contributed by atoms with Gasteiger partial charge < -0.3 is 14.2 Å². The third-order valence-electron chi connectivity index (χ3n) is 6.40. The molecule has 134 valence electrons. The summed E-state index contributed by atoms with van der Waals surface area (Å²) in [6.07, 6.45) is 4.98. The van der Waals surface area contributed by atoms with Gasteiger partial charge in [-0.25, -0.2) is 0 Å². The molecule has 5 heteroatoms. The van der Waals surface area contributed by atoms with E-state index in [2.05, 4.69) is 17.0 Å². The first-order chi connectivity index (χ1) is 12.2. The molecule has 2 aliphatic carbocycles. The predicted octanol–water partition coefficient (Wildman–Crippen LogP) is 2.26. The van der Waals surface area contributed by atoms with Crippen molar-refractivity contribution in [1.82, 2.24) is 4.90 Å². The first-order valence-corrected chi connectivity index (χ1v) is 9.41. The van der Waals surface area contributed by atoms with Crippen LogP contribution < -0.4 is 4.74 Å². The Hall–Kier alpha value is -1.43. The van der Waals surface area contributed by atoms with Crippen molar-refractivity contribution in [2.75, 3.05) is 26.5 Å². The number of hydrogen-bond donors (Lipinski definition) is 0. The number of carbonyl (C=O) groups excluding carboxylic acids is 1. The number of fused-ring (bicyclic) bond motifs is 1. The first-order valence-electron chi connectivity index (χ1n) is 9.41. The molecule has 0 amide bonds. The van der Waals surface area contributed by atoms with Crippen LogP contribution in [0.2, 0.25) is 0 Å². The van der Waals surface area contributed by atoms with Gasteiger partial charge in [-0.05, 0) is 61.4 Å². The standard InChI is InChI=1S/C20H25NO4/c1-13(22)25-16-5-4-15-8-18-19-20(17(15)9-16,11-23-12-24-19)6-7-21(18)10-14-2-3-14/h4-5,9,14,18-19H,2-3,6-8,10-12H2,1H3/t18-,19+,20-/m1/s1. The van der Waals surface area contributed by atoms with Crippen molar-refractivity contribution in [1.29, 1.82) is 0 Å². The van der Waals surface area contributed by atoms with Gasteiger partial charge in [-0.3, -0.25) is 9.69 Å². The fraction of sp³-hybridized carbons (Fsp3) is 0.650. The molecule has 1 aromatic rings. The van der Waals surface area contributed by atoms with Gasteiger partial charge >= 0.3 is 5.97 Å². The van der Waals surface area contributed by atoms with Crippen molar-refractivity contribution >= 4 is 5.97 Å². The molecule has 2 heterocycles. The van der Waals surface area contributed by atoms with Crippen molar-refractivity contribution < 1.29 is 19.0 Å². The zero-order valence-electron chi connectivity index (χ0n) is 14.7. The van der Waals surface area contributed by atoms with Gasteiger partial charge in [0.15, 0.2) is 0 Å². The molecule has 5 nitrogen and oxygen atoms in total. The number of likely N-dealkylation sites (tertiary alicyclic amines) is 1. The van der Waals surface area contributed by atoms with E-state index in [-0.39, 0.29) is 17.5 Å². The molecule has 5 rings (SSSR count). The second-order valence-corrected chi connectivity index (χ2v) is 8.08. The van der Waals surface area contributed by atoms with E-state index in [9.17, 15) is 4.79 Å². The van der Waals surface area contributed by atoms with Crippen LogP contribution in [-0.2, 0) is 26.1 Å². The largest absolute Gasteiger partial charge is 0.427 e. The van der Waals surface area contributed by atoms with E-state index in [4.69, 9.17) is 14.2 Å². The highest BCUT2D eigenvalue weighted by Crippen LogP contribution is 2.49. The summed E-state index contributed by atoms with van der Waals surface area (Å²) < 4.78 is 17.3. The summed E-state index contributed by atoms with van der Waals surface area (Å²) in [7, 11) is 0. The maximum atomic E-state index is 11.3. The fourth-order valence-electron chi connectivity index (χ4n) is 5.09. The Morgan fingerprint density at radius 2 is 2.28 bits per heavy atom. The number of ether oxygens (including phenoxy) is 3. The van der Waals surface area contributed by atoms with Crippen molar-refractivity contribution in [3.8, 4) is 5.75 Å². The molecule has 1 saturated carbocycles. The quantitative estimate of drug-likeness (QED) is 0.622. The van der Waals surface area contributed by atoms with E-state index in [1.165, 1.54) is 37.4 Å². The zero-order chi connectivity index (χ0) is 17.0. The van der Waals surface area contributed by atoms with Gasteiger partial charge in [0, 0.05) is 24.9 Å². The van der Waals surface area contributed by atoms with Crippen LogP contribution in [0.25, 0.3) is 0 Å². The van der Waals surface area contributed by atoms with Crippen LogP contribution in [0, 0.1) is 5.92 Å². The minimum atomic E-state index is -0.280. The topological polar surface area (TPSA) is 48.0 Å². The molecular formula is C20H25NO4. The highest BCUT2D eigenvalue weighted by atomic mass is 16.7. The van der Waals surface area contributed by atoms with Crippen LogP contribution in [0.3, 0.4) is 0 Å². The average molecular weight is 343 g/mol. The van der Waals surface area contributed by atoms with Crippen molar-refractivity contribution in [3.05, 3.63) is 29.3 Å². The highest BCUT2D eigenvalue weighted by molar-refractivity contribution is 5.69. The lowest BCUT2D eigenvalue weighted by Crippen LogP contribution is -2.67. The van der Waals surface area contributed by atoms with Crippen LogP contribution in [0.15, 0.2) is 18.2 Å². The maximum absolute atomic E-state index is 11.3. The summed E-state index contributed by atoms with van der Waals surface area (Å²) in [6, 6.07) is 6.54. The third kappa shape index (κ3) is 2.60. The molecule has 1 aromatic carbocycles.